The Labute approximate surface area is 167 Å². The number of hydrogen-bond donors (Lipinski definition) is 0. The van der Waals surface area contributed by atoms with Crippen molar-refractivity contribution in [1.29, 1.82) is 0 Å². The van der Waals surface area contributed by atoms with Gasteiger partial charge in [-0.1, -0.05) is 23.7 Å². The summed E-state index contributed by atoms with van der Waals surface area (Å²) in [5, 5.41) is -0.689. The van der Waals surface area contributed by atoms with Crippen molar-refractivity contribution in [3.63, 3.8) is 0 Å². The van der Waals surface area contributed by atoms with E-state index in [0.29, 0.717) is 0 Å². The zero-order valence-electron chi connectivity index (χ0n) is 14.3. The monoisotopic (exact) mass is 462 g/mol. The predicted molar refractivity (Wildman–Crippen MR) is 92.7 cm³/mol. The molecule has 2 aromatic rings. The first-order valence-electron chi connectivity index (χ1n) is 7.89. The first-order chi connectivity index (χ1) is 13.3. The van der Waals surface area contributed by atoms with Crippen LogP contribution in [0.1, 0.15) is 18.4 Å². The first kappa shape index (κ1) is 23.1. The molecule has 0 spiro atoms. The normalized spacial score (nSPS) is 12.7. The van der Waals surface area contributed by atoms with Crippen molar-refractivity contribution in [3.05, 3.63) is 53.1 Å². The molecule has 2 aromatic carbocycles. The van der Waals surface area contributed by atoms with Crippen LogP contribution in [0, 0.1) is 0 Å². The zero-order valence-corrected chi connectivity index (χ0v) is 15.9. The number of rotatable bonds is 7. The van der Waals surface area contributed by atoms with Gasteiger partial charge in [0.1, 0.15) is 17.2 Å². The lowest BCUT2D eigenvalue weighted by Crippen LogP contribution is -2.16. The van der Waals surface area contributed by atoms with Gasteiger partial charge in [-0.2, -0.15) is 34.8 Å². The largest absolute Gasteiger partial charge is 0.456 e. The van der Waals surface area contributed by atoms with Gasteiger partial charge >= 0.3 is 22.5 Å². The molecule has 0 N–H and O–H groups in total. The molecule has 0 saturated carbocycles. The van der Waals surface area contributed by atoms with Gasteiger partial charge in [0, 0.05) is 12.5 Å². The molecule has 0 radical (unpaired) electrons. The summed E-state index contributed by atoms with van der Waals surface area (Å²) in [6.45, 7) is 0. The topological polar surface area (TPSA) is 52.6 Å². The van der Waals surface area contributed by atoms with Crippen molar-refractivity contribution in [2.24, 2.45) is 0 Å². The number of hydrogen-bond acceptors (Lipinski definition) is 4. The van der Waals surface area contributed by atoms with Gasteiger partial charge in [0.2, 0.25) is 0 Å². The van der Waals surface area contributed by atoms with Crippen molar-refractivity contribution in [3.8, 4) is 17.2 Å². The molecule has 160 valence electrons. The van der Waals surface area contributed by atoms with Gasteiger partial charge in [-0.15, -0.1) is 0 Å². The Hall–Kier alpha value is -2.14. The number of halogens is 7. The van der Waals surface area contributed by atoms with Gasteiger partial charge in [-0.3, -0.25) is 0 Å². The fourth-order valence-electron chi connectivity index (χ4n) is 2.16. The summed E-state index contributed by atoms with van der Waals surface area (Å²) >= 11 is 5.72. The van der Waals surface area contributed by atoms with Crippen LogP contribution in [0.5, 0.6) is 17.2 Å². The highest BCUT2D eigenvalue weighted by Crippen LogP contribution is 2.40. The van der Waals surface area contributed by atoms with Gasteiger partial charge < -0.3 is 8.92 Å². The molecule has 0 unspecified atom stereocenters. The molecule has 12 heteroatoms. The van der Waals surface area contributed by atoms with E-state index in [1.165, 1.54) is 24.3 Å². The second-order valence-corrected chi connectivity index (χ2v) is 7.82. The summed E-state index contributed by atoms with van der Waals surface area (Å²) in [6.07, 6.45) is -11.2. The lowest BCUT2D eigenvalue weighted by atomic mass is 10.2. The number of alkyl halides is 6. The van der Waals surface area contributed by atoms with E-state index >= 15 is 0 Å². The van der Waals surface area contributed by atoms with E-state index in [4.69, 9.17) is 20.5 Å². The van der Waals surface area contributed by atoms with Crippen molar-refractivity contribution in [2.75, 3.05) is 5.75 Å². The molecule has 0 fully saturated rings. The third kappa shape index (κ3) is 7.32. The molecule has 0 saturated heterocycles. The zero-order chi connectivity index (χ0) is 21.9. The Balaban J connectivity index is 2.13. The third-order valence-electron chi connectivity index (χ3n) is 3.38. The summed E-state index contributed by atoms with van der Waals surface area (Å²) in [5.41, 5.74) is -1.11. The highest BCUT2D eigenvalue weighted by molar-refractivity contribution is 7.87. The van der Waals surface area contributed by atoms with Gasteiger partial charge in [0.05, 0.1) is 16.3 Å². The average molecular weight is 463 g/mol. The lowest BCUT2D eigenvalue weighted by Gasteiger charge is -2.14. The Morgan fingerprint density at radius 3 is 2.17 bits per heavy atom. The van der Waals surface area contributed by atoms with E-state index in [1.54, 1.807) is 0 Å². The van der Waals surface area contributed by atoms with Gasteiger partial charge in [-0.25, -0.2) is 0 Å². The maximum Gasteiger partial charge on any atom is 0.417 e. The number of ether oxygens (including phenoxy) is 1. The molecule has 0 atom stereocenters. The molecule has 29 heavy (non-hydrogen) atoms. The fraction of sp³-hybridized carbons (Fsp3) is 0.294. The summed E-state index contributed by atoms with van der Waals surface area (Å²) in [5.74, 6) is -1.56. The summed E-state index contributed by atoms with van der Waals surface area (Å²) in [4.78, 5) is 0. The third-order valence-corrected chi connectivity index (χ3v) is 5.00. The molecule has 0 aromatic heterocycles. The molecular formula is C17H13ClF6O4S. The van der Waals surface area contributed by atoms with E-state index in [9.17, 15) is 34.8 Å². The molecular weight excluding hydrogens is 450 g/mol. The second kappa shape index (κ2) is 8.70. The van der Waals surface area contributed by atoms with Crippen LogP contribution in [0.4, 0.5) is 26.3 Å². The maximum absolute atomic E-state index is 12.9. The van der Waals surface area contributed by atoms with Crippen LogP contribution >= 0.6 is 11.6 Å². The molecule has 2 rings (SSSR count). The van der Waals surface area contributed by atoms with Crippen molar-refractivity contribution >= 4 is 21.7 Å². The average Bonchev–Trinajstić information content (AvgIpc) is 2.54. The smallest absolute Gasteiger partial charge is 0.417 e. The minimum absolute atomic E-state index is 0.0887. The van der Waals surface area contributed by atoms with E-state index < -0.39 is 51.7 Å². The molecule has 4 nitrogen and oxygen atoms in total. The number of benzene rings is 2. The fourth-order valence-corrected chi connectivity index (χ4v) is 3.41. The molecule has 0 amide bonds. The molecule has 0 aliphatic heterocycles. The lowest BCUT2D eigenvalue weighted by molar-refractivity contribution is -0.137. The summed E-state index contributed by atoms with van der Waals surface area (Å²) < 4.78 is 109. The minimum atomic E-state index is -4.70. The second-order valence-electron chi connectivity index (χ2n) is 5.76. The van der Waals surface area contributed by atoms with Crippen LogP contribution in [0.2, 0.25) is 5.02 Å². The van der Waals surface area contributed by atoms with Gasteiger partial charge in [0.25, 0.3) is 0 Å². The van der Waals surface area contributed by atoms with Gasteiger partial charge in [0.15, 0.2) is 0 Å². The van der Waals surface area contributed by atoms with E-state index in [2.05, 4.69) is 0 Å². The highest BCUT2D eigenvalue weighted by Gasteiger charge is 2.34. The van der Waals surface area contributed by atoms with E-state index in [1.807, 2.05) is 0 Å². The van der Waals surface area contributed by atoms with Crippen LogP contribution in [0.25, 0.3) is 0 Å². The quantitative estimate of drug-likeness (QED) is 0.363. The highest BCUT2D eigenvalue weighted by atomic mass is 35.5. The maximum atomic E-state index is 12.9. The van der Waals surface area contributed by atoms with Crippen LogP contribution in [-0.2, 0) is 16.3 Å². The van der Waals surface area contributed by atoms with Crippen LogP contribution in [0.3, 0.4) is 0 Å². The van der Waals surface area contributed by atoms with E-state index in [-0.39, 0.29) is 17.2 Å². The molecule has 0 aliphatic rings. The predicted octanol–water partition coefficient (Wildman–Crippen LogP) is 6.20. The Kier molecular flexibility index (Phi) is 6.94. The first-order valence-corrected chi connectivity index (χ1v) is 9.85. The van der Waals surface area contributed by atoms with Crippen molar-refractivity contribution < 1.29 is 43.7 Å². The molecule has 0 bridgehead atoms. The summed E-state index contributed by atoms with van der Waals surface area (Å²) in [7, 11) is -4.31. The van der Waals surface area contributed by atoms with Crippen molar-refractivity contribution in [2.45, 2.75) is 25.2 Å². The Morgan fingerprint density at radius 1 is 0.931 bits per heavy atom. The standard InChI is InChI=1S/C17H13ClF6O4S/c18-15-13(17(22,23)24)6-2-7-14(15)27-11-4-1-5-12(10-11)28-29(25,26)9-3-8-16(19,20)21/h1-2,4-7,10H,3,8-9H2. The van der Waals surface area contributed by atoms with Crippen LogP contribution in [0.15, 0.2) is 42.5 Å². The summed E-state index contributed by atoms with van der Waals surface area (Å²) in [6, 6.07) is 7.87. The van der Waals surface area contributed by atoms with Gasteiger partial charge in [-0.05, 0) is 30.7 Å². The molecule has 0 heterocycles. The molecule has 0 aliphatic carbocycles. The Bertz CT molecular complexity index is 957. The van der Waals surface area contributed by atoms with E-state index in [0.717, 1.165) is 18.2 Å². The Morgan fingerprint density at radius 2 is 1.55 bits per heavy atom. The minimum Gasteiger partial charge on any atom is -0.456 e. The SMILES string of the molecule is O=S(=O)(CCCC(F)(F)F)Oc1cccc(Oc2cccc(C(F)(F)F)c2Cl)c1. The van der Waals surface area contributed by atoms with Crippen LogP contribution in [-0.4, -0.2) is 20.3 Å². The van der Waals surface area contributed by atoms with Crippen molar-refractivity contribution in [1.82, 2.24) is 0 Å². The van der Waals surface area contributed by atoms with Crippen LogP contribution < -0.4 is 8.92 Å².